The molecule has 0 aromatic heterocycles. The summed E-state index contributed by atoms with van der Waals surface area (Å²) in [6, 6.07) is 20.7. The molecule has 13 nitrogen and oxygen atoms in total. The van der Waals surface area contributed by atoms with Crippen molar-refractivity contribution < 1.29 is 51.5 Å². The zero-order valence-electron chi connectivity index (χ0n) is 30.7. The van der Waals surface area contributed by atoms with Crippen molar-refractivity contribution in [3.8, 4) is 16.9 Å². The predicted octanol–water partition coefficient (Wildman–Crippen LogP) is 3.59. The van der Waals surface area contributed by atoms with Gasteiger partial charge in [-0.25, -0.2) is 8.42 Å². The first-order chi connectivity index (χ1) is 26.4. The summed E-state index contributed by atoms with van der Waals surface area (Å²) in [5, 5.41) is 9.77. The Bertz CT molecular complexity index is 1800. The average molecular weight is 767 g/mol. The van der Waals surface area contributed by atoms with Gasteiger partial charge in [0.15, 0.2) is 5.76 Å². The van der Waals surface area contributed by atoms with E-state index in [9.17, 15) is 18.3 Å². The molecule has 1 N–H and O–H groups in total. The molecule has 1 aliphatic carbocycles. The molecule has 0 radical (unpaired) electrons. The fourth-order valence-electron chi connectivity index (χ4n) is 6.89. The Kier molecular flexibility index (Phi) is 14.5. The van der Waals surface area contributed by atoms with Crippen LogP contribution in [0.15, 0.2) is 83.5 Å². The summed E-state index contributed by atoms with van der Waals surface area (Å²) in [5.41, 5.74) is 5.91. The third-order valence-electron chi connectivity index (χ3n) is 9.66. The zero-order chi connectivity index (χ0) is 37.8. The van der Waals surface area contributed by atoms with Crippen LogP contribution < -0.4 is 4.74 Å². The number of carbonyl (C=O) groups excluding carboxylic acids is 1. The highest BCUT2D eigenvalue weighted by atomic mass is 32.2. The lowest BCUT2D eigenvalue weighted by Crippen LogP contribution is -2.41. The molecule has 0 unspecified atom stereocenters. The second kappa shape index (κ2) is 19.6. The van der Waals surface area contributed by atoms with Gasteiger partial charge >= 0.3 is 0 Å². The summed E-state index contributed by atoms with van der Waals surface area (Å²) in [4.78, 5) is 16.0. The number of benzene rings is 3. The van der Waals surface area contributed by atoms with Gasteiger partial charge in [0, 0.05) is 38.5 Å². The molecule has 2 atom stereocenters. The Morgan fingerprint density at radius 3 is 2.15 bits per heavy atom. The first-order valence-corrected chi connectivity index (χ1v) is 19.9. The van der Waals surface area contributed by atoms with Gasteiger partial charge in [-0.15, -0.1) is 0 Å². The van der Waals surface area contributed by atoms with Crippen LogP contribution in [0, 0.1) is 0 Å². The number of aliphatic hydroxyl groups excluding tert-OH is 1. The van der Waals surface area contributed by atoms with Gasteiger partial charge in [0.05, 0.1) is 78.1 Å². The summed E-state index contributed by atoms with van der Waals surface area (Å²) in [6.45, 7) is 3.21. The van der Waals surface area contributed by atoms with Crippen molar-refractivity contribution in [3.63, 3.8) is 0 Å². The van der Waals surface area contributed by atoms with E-state index >= 15 is 0 Å². The van der Waals surface area contributed by atoms with Crippen LogP contribution in [0.1, 0.15) is 29.0 Å². The molecule has 54 heavy (non-hydrogen) atoms. The average Bonchev–Trinajstić information content (AvgIpc) is 3.57. The molecular formula is C40H50N2O11S. The summed E-state index contributed by atoms with van der Waals surface area (Å²) >= 11 is 0. The number of ether oxygens (including phenoxy) is 7. The van der Waals surface area contributed by atoms with Crippen LogP contribution in [0.4, 0.5) is 0 Å². The van der Waals surface area contributed by atoms with Gasteiger partial charge in [0.1, 0.15) is 5.75 Å². The van der Waals surface area contributed by atoms with Crippen LogP contribution in [0.25, 0.3) is 11.1 Å². The lowest BCUT2D eigenvalue weighted by Gasteiger charge is -2.33. The molecule has 3 aromatic rings. The molecule has 6 rings (SSSR count). The number of methoxy groups -OCH3 is 1. The van der Waals surface area contributed by atoms with Crippen molar-refractivity contribution in [2.24, 2.45) is 0 Å². The molecule has 3 aromatic carbocycles. The van der Waals surface area contributed by atoms with Crippen molar-refractivity contribution in [1.82, 2.24) is 9.21 Å². The molecule has 1 fully saturated rings. The number of hydrogen-bond donors (Lipinski definition) is 1. The molecule has 3 aliphatic rings. The Morgan fingerprint density at radius 2 is 1.48 bits per heavy atom. The number of nitrogens with zero attached hydrogens (tertiary/aromatic N) is 2. The van der Waals surface area contributed by atoms with E-state index in [0.29, 0.717) is 78.1 Å². The van der Waals surface area contributed by atoms with Gasteiger partial charge < -0.3 is 43.2 Å². The van der Waals surface area contributed by atoms with Crippen LogP contribution in [0.3, 0.4) is 0 Å². The summed E-state index contributed by atoms with van der Waals surface area (Å²) < 4.78 is 68.6. The van der Waals surface area contributed by atoms with Crippen LogP contribution in [-0.4, -0.2) is 134 Å². The molecule has 2 aliphatic heterocycles. The minimum Gasteiger partial charge on any atom is -0.497 e. The van der Waals surface area contributed by atoms with Crippen molar-refractivity contribution >= 4 is 15.9 Å². The zero-order valence-corrected chi connectivity index (χ0v) is 31.5. The summed E-state index contributed by atoms with van der Waals surface area (Å²) in [7, 11) is -2.45. The minimum absolute atomic E-state index is 0.0396. The fraction of sp³-hybridized carbons (Fsp3) is 0.475. The first-order valence-electron chi connectivity index (χ1n) is 18.4. The van der Waals surface area contributed by atoms with Gasteiger partial charge in [0.25, 0.3) is 5.91 Å². The van der Waals surface area contributed by atoms with E-state index in [1.807, 2.05) is 24.3 Å². The maximum Gasteiger partial charge on any atom is 0.288 e. The number of amides is 1. The maximum atomic E-state index is 14.3. The molecule has 0 bridgehead atoms. The molecule has 292 valence electrons. The van der Waals surface area contributed by atoms with E-state index in [4.69, 9.17) is 33.2 Å². The van der Waals surface area contributed by atoms with E-state index in [1.54, 1.807) is 17.0 Å². The van der Waals surface area contributed by atoms with Gasteiger partial charge in [-0.3, -0.25) is 4.79 Å². The molecule has 1 saturated heterocycles. The van der Waals surface area contributed by atoms with Crippen LogP contribution >= 0.6 is 0 Å². The number of allylic oxidation sites excluding steroid dienone is 1. The highest BCUT2D eigenvalue weighted by Crippen LogP contribution is 2.43. The van der Waals surface area contributed by atoms with E-state index in [0.717, 1.165) is 12.0 Å². The number of fused-ring (bicyclic) bond motifs is 3. The number of hydrogen-bond acceptors (Lipinski definition) is 11. The molecule has 1 amide bonds. The highest BCUT2D eigenvalue weighted by molar-refractivity contribution is 7.89. The monoisotopic (exact) mass is 766 g/mol. The molecule has 0 saturated carbocycles. The largest absolute Gasteiger partial charge is 0.497 e. The third kappa shape index (κ3) is 10.1. The minimum atomic E-state index is -3.95. The number of carbonyl (C=O) groups is 1. The van der Waals surface area contributed by atoms with E-state index < -0.39 is 16.3 Å². The van der Waals surface area contributed by atoms with Crippen molar-refractivity contribution in [3.05, 3.63) is 95.3 Å². The molecule has 2 heterocycles. The van der Waals surface area contributed by atoms with E-state index in [2.05, 4.69) is 24.3 Å². The van der Waals surface area contributed by atoms with Gasteiger partial charge in [-0.1, -0.05) is 42.5 Å². The lowest BCUT2D eigenvalue weighted by atomic mass is 9.87. The lowest BCUT2D eigenvalue weighted by molar-refractivity contribution is -0.153. The first kappa shape index (κ1) is 39.8. The van der Waals surface area contributed by atoms with Gasteiger partial charge in [-0.05, 0) is 64.6 Å². The van der Waals surface area contributed by atoms with Gasteiger partial charge in [-0.2, -0.15) is 4.31 Å². The van der Waals surface area contributed by atoms with Crippen molar-refractivity contribution in [2.45, 2.75) is 29.9 Å². The number of rotatable bonds is 11. The standard InChI is InChI=1S/C40H50N2O11S/c1-47-32-9-11-33(12-10-32)54(45,46)42(13-17-43)16-20-52-39-29-31(35-7-4-8-36-34-6-3-2-5-30(34)27-37(35)36)28-38(53-39)40(44)41-14-18-48-21-23-50-25-26-51-24-22-49-19-15-41/h2-12,28,31,39,43H,13-27,29H2,1H3/t31-,39+/m1/s1. The van der Waals surface area contributed by atoms with Crippen molar-refractivity contribution in [1.29, 1.82) is 0 Å². The SMILES string of the molecule is COc1ccc(S(=O)(=O)N(CCO)CCO[C@@H]2C[C@H](c3cccc4c3Cc3ccccc3-4)C=C(C(=O)N3CCOCCOCCOCCOCC3)O2)cc1. The van der Waals surface area contributed by atoms with Crippen molar-refractivity contribution in [2.75, 3.05) is 99.4 Å². The normalized spacial score (nSPS) is 20.2. The highest BCUT2D eigenvalue weighted by Gasteiger charge is 2.34. The van der Waals surface area contributed by atoms with Crippen LogP contribution in [0.2, 0.25) is 0 Å². The summed E-state index contributed by atoms with van der Waals surface area (Å²) in [5.74, 6) is 0.123. The molecule has 0 spiro atoms. The van der Waals surface area contributed by atoms with E-state index in [-0.39, 0.29) is 48.8 Å². The second-order valence-corrected chi connectivity index (χ2v) is 15.0. The maximum absolute atomic E-state index is 14.3. The summed E-state index contributed by atoms with van der Waals surface area (Å²) in [6.07, 6.45) is 2.20. The second-order valence-electron chi connectivity index (χ2n) is 13.0. The van der Waals surface area contributed by atoms with Crippen LogP contribution in [0.5, 0.6) is 5.75 Å². The fourth-order valence-corrected chi connectivity index (χ4v) is 8.30. The third-order valence-corrected chi connectivity index (χ3v) is 11.6. The molecule has 14 heteroatoms. The Hall–Kier alpha value is -3.86. The Morgan fingerprint density at radius 1 is 0.833 bits per heavy atom. The van der Waals surface area contributed by atoms with Crippen LogP contribution in [-0.2, 0) is 49.7 Å². The van der Waals surface area contributed by atoms with E-state index in [1.165, 1.54) is 45.8 Å². The Balaban J connectivity index is 1.22. The quantitative estimate of drug-likeness (QED) is 0.240. The number of sulfonamides is 1. The number of aliphatic hydroxyl groups is 1. The smallest absolute Gasteiger partial charge is 0.288 e. The predicted molar refractivity (Wildman–Crippen MR) is 200 cm³/mol. The Labute approximate surface area is 317 Å². The molecular weight excluding hydrogens is 717 g/mol. The van der Waals surface area contributed by atoms with Gasteiger partial charge in [0.2, 0.25) is 16.3 Å². The topological polar surface area (TPSA) is 143 Å².